The highest BCUT2D eigenvalue weighted by atomic mass is 32.2. The third-order valence-corrected chi connectivity index (χ3v) is 5.46. The van der Waals surface area contributed by atoms with Crippen LogP contribution in [0.3, 0.4) is 0 Å². The molecule has 0 spiro atoms. The van der Waals surface area contributed by atoms with Gasteiger partial charge in [0.1, 0.15) is 0 Å². The van der Waals surface area contributed by atoms with E-state index in [9.17, 15) is 13.2 Å². The van der Waals surface area contributed by atoms with E-state index in [1.807, 2.05) is 31.2 Å². The molecule has 0 heterocycles. The van der Waals surface area contributed by atoms with E-state index in [2.05, 4.69) is 23.9 Å². The maximum atomic E-state index is 12.3. The minimum Gasteiger partial charge on any atom is -0.325 e. The molecular weight excluding hydrogens is 336 g/mol. The van der Waals surface area contributed by atoms with Crippen molar-refractivity contribution in [3.05, 3.63) is 59.7 Å². The first kappa shape index (κ1) is 19.1. The highest BCUT2D eigenvalue weighted by Gasteiger charge is 2.22. The van der Waals surface area contributed by atoms with Crippen molar-refractivity contribution in [2.24, 2.45) is 0 Å². The fourth-order valence-corrected chi connectivity index (χ4v) is 3.48. The number of amides is 1. The van der Waals surface area contributed by atoms with Gasteiger partial charge in [0.25, 0.3) is 0 Å². The molecule has 0 unspecified atom stereocenters. The number of sulfonamides is 1. The summed E-state index contributed by atoms with van der Waals surface area (Å²) in [5, 5.41) is 2.73. The van der Waals surface area contributed by atoms with E-state index >= 15 is 0 Å². The Morgan fingerprint density at radius 1 is 0.920 bits per heavy atom. The predicted octanol–water partition coefficient (Wildman–Crippen LogP) is 3.42. The van der Waals surface area contributed by atoms with Gasteiger partial charge >= 0.3 is 0 Å². The van der Waals surface area contributed by atoms with Crippen molar-refractivity contribution in [2.45, 2.75) is 44.6 Å². The first-order chi connectivity index (χ1) is 11.7. The second-order valence-corrected chi connectivity index (χ2v) is 8.14. The minimum atomic E-state index is -3.74. The van der Waals surface area contributed by atoms with Crippen molar-refractivity contribution in [3.8, 4) is 0 Å². The fraction of sp³-hybridized carbons (Fsp3) is 0.316. The van der Waals surface area contributed by atoms with E-state index in [0.29, 0.717) is 11.6 Å². The number of hydrogen-bond acceptors (Lipinski definition) is 3. The molecule has 0 saturated carbocycles. The molecule has 2 aromatic rings. The molecule has 2 aromatic carbocycles. The molecule has 1 atom stereocenters. The van der Waals surface area contributed by atoms with Crippen LogP contribution in [0, 0.1) is 6.92 Å². The van der Waals surface area contributed by atoms with E-state index in [-0.39, 0.29) is 4.90 Å². The highest BCUT2D eigenvalue weighted by molar-refractivity contribution is 7.89. The van der Waals surface area contributed by atoms with Gasteiger partial charge in [-0.05, 0) is 49.6 Å². The summed E-state index contributed by atoms with van der Waals surface area (Å²) in [6.07, 6.45) is 0. The van der Waals surface area contributed by atoms with Gasteiger partial charge in [-0.2, -0.15) is 4.72 Å². The third-order valence-electron chi connectivity index (χ3n) is 3.90. The van der Waals surface area contributed by atoms with Crippen molar-refractivity contribution >= 4 is 21.6 Å². The Labute approximate surface area is 149 Å². The average molecular weight is 360 g/mol. The van der Waals surface area contributed by atoms with Crippen LogP contribution in [-0.2, 0) is 14.8 Å². The number of carbonyl (C=O) groups is 1. The number of carbonyl (C=O) groups excluding carboxylic acids is 1. The van der Waals surface area contributed by atoms with Crippen LogP contribution in [-0.4, -0.2) is 20.4 Å². The van der Waals surface area contributed by atoms with Crippen LogP contribution in [0.15, 0.2) is 53.4 Å². The van der Waals surface area contributed by atoms with Gasteiger partial charge in [0.15, 0.2) is 0 Å². The van der Waals surface area contributed by atoms with E-state index in [1.165, 1.54) is 24.6 Å². The van der Waals surface area contributed by atoms with Gasteiger partial charge in [-0.25, -0.2) is 8.42 Å². The van der Waals surface area contributed by atoms with Crippen LogP contribution < -0.4 is 10.0 Å². The Morgan fingerprint density at radius 2 is 1.48 bits per heavy atom. The topological polar surface area (TPSA) is 75.3 Å². The molecule has 0 aliphatic carbocycles. The number of benzene rings is 2. The molecule has 0 aliphatic heterocycles. The zero-order valence-corrected chi connectivity index (χ0v) is 15.7. The van der Waals surface area contributed by atoms with Gasteiger partial charge in [0.05, 0.1) is 10.9 Å². The number of aryl methyl sites for hydroxylation is 1. The van der Waals surface area contributed by atoms with Crippen molar-refractivity contribution in [1.82, 2.24) is 4.72 Å². The minimum absolute atomic E-state index is 0.138. The standard InChI is InChI=1S/C19H24N2O3S/c1-13(2)16-7-9-17(10-8-16)20-19(22)15(4)21-25(23,24)18-11-5-14(3)6-12-18/h5-13,15,21H,1-4H3,(H,20,22)/t15-/m1/s1. The third kappa shape index (κ3) is 5.14. The molecular formula is C19H24N2O3S. The van der Waals surface area contributed by atoms with Gasteiger partial charge in [-0.1, -0.05) is 43.7 Å². The average Bonchev–Trinajstić information content (AvgIpc) is 2.55. The largest absolute Gasteiger partial charge is 0.325 e. The maximum Gasteiger partial charge on any atom is 0.242 e. The summed E-state index contributed by atoms with van der Waals surface area (Å²) < 4.78 is 27.1. The fourth-order valence-electron chi connectivity index (χ4n) is 2.27. The summed E-state index contributed by atoms with van der Waals surface area (Å²) in [7, 11) is -3.74. The van der Waals surface area contributed by atoms with Crippen molar-refractivity contribution in [1.29, 1.82) is 0 Å². The molecule has 2 N–H and O–H groups in total. The molecule has 0 fully saturated rings. The van der Waals surface area contributed by atoms with Crippen LogP contribution in [0.1, 0.15) is 37.8 Å². The second-order valence-electron chi connectivity index (χ2n) is 6.42. The SMILES string of the molecule is Cc1ccc(S(=O)(=O)N[C@H](C)C(=O)Nc2ccc(C(C)C)cc2)cc1. The summed E-state index contributed by atoms with van der Waals surface area (Å²) in [4.78, 5) is 12.4. The van der Waals surface area contributed by atoms with Gasteiger partial charge in [-0.3, -0.25) is 4.79 Å². The van der Waals surface area contributed by atoms with Gasteiger partial charge in [0, 0.05) is 5.69 Å². The van der Waals surface area contributed by atoms with Gasteiger partial charge < -0.3 is 5.32 Å². The van der Waals surface area contributed by atoms with Crippen LogP contribution in [0.25, 0.3) is 0 Å². The summed E-state index contributed by atoms with van der Waals surface area (Å²) in [6, 6.07) is 13.1. The monoisotopic (exact) mass is 360 g/mol. The van der Waals surface area contributed by atoms with Crippen molar-refractivity contribution in [3.63, 3.8) is 0 Å². The van der Waals surface area contributed by atoms with E-state index in [4.69, 9.17) is 0 Å². The predicted molar refractivity (Wildman–Crippen MR) is 100 cm³/mol. The summed E-state index contributed by atoms with van der Waals surface area (Å²) in [5.41, 5.74) is 2.77. The normalized spacial score (nSPS) is 12.8. The van der Waals surface area contributed by atoms with Crippen LogP contribution in [0.5, 0.6) is 0 Å². The van der Waals surface area contributed by atoms with Crippen molar-refractivity contribution in [2.75, 3.05) is 5.32 Å². The summed E-state index contributed by atoms with van der Waals surface area (Å²) in [5.74, 6) is -0.00187. The smallest absolute Gasteiger partial charge is 0.242 e. The lowest BCUT2D eigenvalue weighted by molar-refractivity contribution is -0.117. The molecule has 0 radical (unpaired) electrons. The Kier molecular flexibility index (Phi) is 5.98. The maximum absolute atomic E-state index is 12.3. The Hall–Kier alpha value is -2.18. The number of hydrogen-bond donors (Lipinski definition) is 2. The van der Waals surface area contributed by atoms with Gasteiger partial charge in [0.2, 0.25) is 15.9 Å². The first-order valence-corrected chi connectivity index (χ1v) is 9.67. The molecule has 0 aliphatic rings. The van der Waals surface area contributed by atoms with Crippen LogP contribution in [0.2, 0.25) is 0 Å². The molecule has 134 valence electrons. The molecule has 6 heteroatoms. The second kappa shape index (κ2) is 7.80. The lowest BCUT2D eigenvalue weighted by atomic mass is 10.0. The highest BCUT2D eigenvalue weighted by Crippen LogP contribution is 2.17. The molecule has 25 heavy (non-hydrogen) atoms. The molecule has 0 aromatic heterocycles. The Balaban J connectivity index is 2.03. The van der Waals surface area contributed by atoms with E-state index in [1.54, 1.807) is 12.1 Å². The number of nitrogens with one attached hydrogen (secondary N) is 2. The lowest BCUT2D eigenvalue weighted by Gasteiger charge is -2.15. The quantitative estimate of drug-likeness (QED) is 0.829. The molecule has 0 bridgehead atoms. The summed E-state index contributed by atoms with van der Waals surface area (Å²) in [6.45, 7) is 7.58. The first-order valence-electron chi connectivity index (χ1n) is 8.19. The molecule has 5 nitrogen and oxygen atoms in total. The van der Waals surface area contributed by atoms with Gasteiger partial charge in [-0.15, -0.1) is 0 Å². The Bertz CT molecular complexity index is 826. The van der Waals surface area contributed by atoms with Crippen molar-refractivity contribution < 1.29 is 13.2 Å². The zero-order valence-electron chi connectivity index (χ0n) is 14.9. The number of anilines is 1. The zero-order chi connectivity index (χ0) is 18.6. The van der Waals surface area contributed by atoms with E-state index < -0.39 is 22.0 Å². The molecule has 1 amide bonds. The Morgan fingerprint density at radius 3 is 2.00 bits per heavy atom. The molecule has 0 saturated heterocycles. The van der Waals surface area contributed by atoms with Crippen LogP contribution in [0.4, 0.5) is 5.69 Å². The number of rotatable bonds is 6. The van der Waals surface area contributed by atoms with E-state index in [0.717, 1.165) is 5.56 Å². The molecule has 2 rings (SSSR count). The van der Waals surface area contributed by atoms with Crippen LogP contribution >= 0.6 is 0 Å². The lowest BCUT2D eigenvalue weighted by Crippen LogP contribution is -2.41. The summed E-state index contributed by atoms with van der Waals surface area (Å²) >= 11 is 0.